The van der Waals surface area contributed by atoms with Gasteiger partial charge in [-0.3, -0.25) is 0 Å². The zero-order chi connectivity index (χ0) is 21.9. The third kappa shape index (κ3) is 4.49. The van der Waals surface area contributed by atoms with E-state index in [-0.39, 0.29) is 17.3 Å². The summed E-state index contributed by atoms with van der Waals surface area (Å²) in [4.78, 5) is 12.1. The molecule has 0 saturated carbocycles. The van der Waals surface area contributed by atoms with Crippen molar-refractivity contribution in [3.63, 3.8) is 0 Å². The number of esters is 1. The summed E-state index contributed by atoms with van der Waals surface area (Å²) in [6.07, 6.45) is 0. The summed E-state index contributed by atoms with van der Waals surface area (Å²) in [5.41, 5.74) is 1.75. The second kappa shape index (κ2) is 8.89. The van der Waals surface area contributed by atoms with Crippen LogP contribution in [0, 0.1) is 6.92 Å². The van der Waals surface area contributed by atoms with E-state index in [2.05, 4.69) is 4.72 Å². The van der Waals surface area contributed by atoms with Crippen molar-refractivity contribution in [2.24, 2.45) is 0 Å². The molecule has 1 unspecified atom stereocenters. The van der Waals surface area contributed by atoms with Crippen LogP contribution in [-0.2, 0) is 14.8 Å². The maximum atomic E-state index is 13.0. The first kappa shape index (κ1) is 21.9. The Morgan fingerprint density at radius 1 is 1.13 bits per heavy atom. The van der Waals surface area contributed by atoms with Crippen molar-refractivity contribution in [3.05, 3.63) is 59.4 Å². The van der Waals surface area contributed by atoms with E-state index < -0.39 is 22.0 Å². The molecule has 1 heterocycles. The number of carbonyl (C=O) groups is 1. The van der Waals surface area contributed by atoms with Crippen LogP contribution in [-0.4, -0.2) is 27.6 Å². The zero-order valence-corrected chi connectivity index (χ0v) is 18.2. The number of ether oxygens (including phenoxy) is 2. The van der Waals surface area contributed by atoms with Crippen molar-refractivity contribution in [2.75, 3.05) is 13.2 Å². The summed E-state index contributed by atoms with van der Waals surface area (Å²) in [5.74, 6) is 0.190. The fourth-order valence-corrected chi connectivity index (χ4v) is 4.43. The molecule has 3 aromatic rings. The molecule has 0 aliphatic heterocycles. The van der Waals surface area contributed by atoms with E-state index in [0.717, 1.165) is 5.56 Å². The first-order valence-electron chi connectivity index (χ1n) is 9.72. The summed E-state index contributed by atoms with van der Waals surface area (Å²) in [7, 11) is -3.81. The number of carbonyl (C=O) groups excluding carboxylic acids is 1. The molecule has 0 saturated heterocycles. The number of sulfonamides is 1. The van der Waals surface area contributed by atoms with Crippen LogP contribution in [0.2, 0.25) is 0 Å². The maximum Gasteiger partial charge on any atom is 0.374 e. The lowest BCUT2D eigenvalue weighted by atomic mass is 10.1. The minimum absolute atomic E-state index is 0.0791. The molecule has 160 valence electrons. The predicted octanol–water partition coefficient (Wildman–Crippen LogP) is 4.36. The highest BCUT2D eigenvalue weighted by atomic mass is 32.2. The highest BCUT2D eigenvalue weighted by Crippen LogP contribution is 2.29. The van der Waals surface area contributed by atoms with Gasteiger partial charge in [0.25, 0.3) is 0 Å². The summed E-state index contributed by atoms with van der Waals surface area (Å²) < 4.78 is 44.6. The third-order valence-corrected chi connectivity index (χ3v) is 6.22. The van der Waals surface area contributed by atoms with Crippen molar-refractivity contribution >= 4 is 27.0 Å². The first-order chi connectivity index (χ1) is 14.3. The molecular formula is C22H25NO6S. The van der Waals surface area contributed by atoms with E-state index in [0.29, 0.717) is 28.9 Å². The smallest absolute Gasteiger partial charge is 0.374 e. The average molecular weight is 432 g/mol. The molecule has 0 amide bonds. The Morgan fingerprint density at radius 3 is 2.60 bits per heavy atom. The quantitative estimate of drug-likeness (QED) is 0.533. The Kier molecular flexibility index (Phi) is 6.48. The Hall–Kier alpha value is -2.84. The second-order valence-electron chi connectivity index (χ2n) is 6.78. The molecule has 0 spiro atoms. The van der Waals surface area contributed by atoms with Gasteiger partial charge < -0.3 is 13.9 Å². The molecular weight excluding hydrogens is 406 g/mol. The molecule has 2 aromatic carbocycles. The van der Waals surface area contributed by atoms with Crippen LogP contribution < -0.4 is 9.46 Å². The fourth-order valence-electron chi connectivity index (χ4n) is 3.17. The number of fused-ring (bicyclic) bond motifs is 1. The lowest BCUT2D eigenvalue weighted by Gasteiger charge is -2.16. The Labute approximate surface area is 176 Å². The highest BCUT2D eigenvalue weighted by Gasteiger charge is 2.23. The zero-order valence-electron chi connectivity index (χ0n) is 17.4. The molecule has 0 radical (unpaired) electrons. The van der Waals surface area contributed by atoms with Gasteiger partial charge in [0.05, 0.1) is 18.1 Å². The number of nitrogens with one attached hydrogen (secondary N) is 1. The number of aryl methyl sites for hydroxylation is 1. The standard InChI is InChI=1S/C22H25NO6S/c1-5-27-17-9-7-8-16(12-17)15(4)23-30(25,26)18-10-11-20-19(13-18)14(3)21(29-20)22(24)28-6-2/h7-13,15,23H,5-6H2,1-4H3. The van der Waals surface area contributed by atoms with Crippen molar-refractivity contribution in [3.8, 4) is 5.75 Å². The van der Waals surface area contributed by atoms with Gasteiger partial charge in [0.1, 0.15) is 11.3 Å². The minimum atomic E-state index is -3.81. The summed E-state index contributed by atoms with van der Waals surface area (Å²) in [5, 5.41) is 0.548. The third-order valence-electron chi connectivity index (χ3n) is 4.68. The van der Waals surface area contributed by atoms with Crippen LogP contribution in [0.4, 0.5) is 0 Å². The Morgan fingerprint density at radius 2 is 1.90 bits per heavy atom. The molecule has 30 heavy (non-hydrogen) atoms. The van der Waals surface area contributed by atoms with Crippen molar-refractivity contribution in [2.45, 2.75) is 38.6 Å². The molecule has 1 N–H and O–H groups in total. The molecule has 7 nitrogen and oxygen atoms in total. The van der Waals surface area contributed by atoms with Crippen LogP contribution in [0.5, 0.6) is 5.75 Å². The number of hydrogen-bond acceptors (Lipinski definition) is 6. The van der Waals surface area contributed by atoms with E-state index in [1.807, 2.05) is 31.2 Å². The molecule has 0 aliphatic carbocycles. The summed E-state index contributed by atoms with van der Waals surface area (Å²) in [6.45, 7) is 7.81. The Balaban J connectivity index is 1.89. The van der Waals surface area contributed by atoms with Crippen LogP contribution in [0.3, 0.4) is 0 Å². The second-order valence-corrected chi connectivity index (χ2v) is 8.50. The average Bonchev–Trinajstić information content (AvgIpc) is 3.04. The molecule has 1 atom stereocenters. The highest BCUT2D eigenvalue weighted by molar-refractivity contribution is 7.89. The summed E-state index contributed by atoms with van der Waals surface area (Å²) in [6, 6.07) is 11.3. The minimum Gasteiger partial charge on any atom is -0.494 e. The van der Waals surface area contributed by atoms with Gasteiger partial charge in [-0.15, -0.1) is 0 Å². The van der Waals surface area contributed by atoms with Gasteiger partial charge in [-0.25, -0.2) is 17.9 Å². The van der Waals surface area contributed by atoms with Crippen molar-refractivity contribution in [1.82, 2.24) is 4.72 Å². The maximum absolute atomic E-state index is 13.0. The van der Waals surface area contributed by atoms with E-state index in [1.165, 1.54) is 12.1 Å². The fraction of sp³-hybridized carbons (Fsp3) is 0.318. The van der Waals surface area contributed by atoms with Gasteiger partial charge in [0.2, 0.25) is 15.8 Å². The van der Waals surface area contributed by atoms with Gasteiger partial charge in [0, 0.05) is 17.0 Å². The van der Waals surface area contributed by atoms with Crippen LogP contribution >= 0.6 is 0 Å². The molecule has 0 fully saturated rings. The topological polar surface area (TPSA) is 94.8 Å². The van der Waals surface area contributed by atoms with Gasteiger partial charge >= 0.3 is 5.97 Å². The van der Waals surface area contributed by atoms with Gasteiger partial charge in [0.15, 0.2) is 0 Å². The van der Waals surface area contributed by atoms with Crippen molar-refractivity contribution < 1.29 is 27.1 Å². The number of hydrogen-bond donors (Lipinski definition) is 1. The van der Waals surface area contributed by atoms with Crippen LogP contribution in [0.25, 0.3) is 11.0 Å². The van der Waals surface area contributed by atoms with E-state index >= 15 is 0 Å². The largest absolute Gasteiger partial charge is 0.494 e. The van der Waals surface area contributed by atoms with Crippen LogP contribution in [0.15, 0.2) is 51.8 Å². The van der Waals surface area contributed by atoms with Crippen LogP contribution in [0.1, 0.15) is 48.5 Å². The monoisotopic (exact) mass is 431 g/mol. The lowest BCUT2D eigenvalue weighted by molar-refractivity contribution is 0.0491. The molecule has 0 aliphatic rings. The number of benzene rings is 2. The van der Waals surface area contributed by atoms with Gasteiger partial charge in [-0.05, 0) is 63.6 Å². The molecule has 3 rings (SSSR count). The van der Waals surface area contributed by atoms with Crippen molar-refractivity contribution in [1.29, 1.82) is 0 Å². The molecule has 1 aromatic heterocycles. The molecule has 8 heteroatoms. The number of furan rings is 1. The number of rotatable bonds is 8. The lowest BCUT2D eigenvalue weighted by Crippen LogP contribution is -2.26. The SMILES string of the molecule is CCOC(=O)c1oc2ccc(S(=O)(=O)NC(C)c3cccc(OCC)c3)cc2c1C. The van der Waals surface area contributed by atoms with E-state index in [9.17, 15) is 13.2 Å². The van der Waals surface area contributed by atoms with Gasteiger partial charge in [-0.1, -0.05) is 12.1 Å². The van der Waals surface area contributed by atoms with E-state index in [1.54, 1.807) is 26.8 Å². The Bertz CT molecular complexity index is 1170. The normalized spacial score (nSPS) is 12.7. The predicted molar refractivity (Wildman–Crippen MR) is 113 cm³/mol. The van der Waals surface area contributed by atoms with Gasteiger partial charge in [-0.2, -0.15) is 0 Å². The molecule has 0 bridgehead atoms. The van der Waals surface area contributed by atoms with E-state index in [4.69, 9.17) is 13.9 Å². The summed E-state index contributed by atoms with van der Waals surface area (Å²) >= 11 is 0. The first-order valence-corrected chi connectivity index (χ1v) is 11.2.